The molecule has 0 saturated carbocycles. The Morgan fingerprint density at radius 1 is 1.13 bits per heavy atom. The molecule has 1 heterocycles. The predicted octanol–water partition coefficient (Wildman–Crippen LogP) is 2.01. The normalized spacial score (nSPS) is 18.2. The van der Waals surface area contributed by atoms with Crippen LogP contribution in [0.25, 0.3) is 0 Å². The molecule has 5 nitrogen and oxygen atoms in total. The maximum Gasteiger partial charge on any atom is 0.161 e. The average molecular weight is 322 g/mol. The van der Waals surface area contributed by atoms with Gasteiger partial charge in [-0.3, -0.25) is 4.90 Å². The number of aliphatic hydroxyl groups excluding tert-OH is 1. The summed E-state index contributed by atoms with van der Waals surface area (Å²) in [5.41, 5.74) is 1.07. The summed E-state index contributed by atoms with van der Waals surface area (Å²) in [5, 5.41) is 9.88. The van der Waals surface area contributed by atoms with Crippen molar-refractivity contribution in [1.82, 2.24) is 9.80 Å². The zero-order valence-electron chi connectivity index (χ0n) is 14.8. The quantitative estimate of drug-likeness (QED) is 0.832. The van der Waals surface area contributed by atoms with E-state index in [2.05, 4.69) is 30.7 Å². The number of piperazine rings is 1. The van der Waals surface area contributed by atoms with Crippen molar-refractivity contribution in [2.75, 3.05) is 53.6 Å². The molecule has 0 bridgehead atoms. The van der Waals surface area contributed by atoms with Crippen LogP contribution in [0.3, 0.4) is 0 Å². The summed E-state index contributed by atoms with van der Waals surface area (Å²) in [6.45, 7) is 9.01. The first kappa shape index (κ1) is 18.0. The lowest BCUT2D eigenvalue weighted by Gasteiger charge is -2.37. The minimum Gasteiger partial charge on any atom is -0.493 e. The van der Waals surface area contributed by atoms with E-state index in [9.17, 15) is 5.11 Å². The van der Waals surface area contributed by atoms with Gasteiger partial charge >= 0.3 is 0 Å². The molecule has 0 aromatic heterocycles. The maximum atomic E-state index is 9.88. The van der Waals surface area contributed by atoms with Crippen LogP contribution in [0.1, 0.15) is 25.5 Å². The van der Waals surface area contributed by atoms with Crippen molar-refractivity contribution in [3.63, 3.8) is 0 Å². The SMILES string of the molecule is COc1cc(C(CO)N2CCN(C)CC2)ccc1OCC(C)C. The molecule has 130 valence electrons. The fourth-order valence-corrected chi connectivity index (χ4v) is 2.83. The zero-order valence-corrected chi connectivity index (χ0v) is 14.8. The van der Waals surface area contributed by atoms with Crippen molar-refractivity contribution < 1.29 is 14.6 Å². The monoisotopic (exact) mass is 322 g/mol. The first-order chi connectivity index (χ1) is 11.0. The van der Waals surface area contributed by atoms with Crippen molar-refractivity contribution in [1.29, 1.82) is 0 Å². The Balaban J connectivity index is 2.13. The molecule has 1 aliphatic heterocycles. The summed E-state index contributed by atoms with van der Waals surface area (Å²) in [4.78, 5) is 4.65. The highest BCUT2D eigenvalue weighted by Crippen LogP contribution is 2.32. The number of hydrogen-bond donors (Lipinski definition) is 1. The van der Waals surface area contributed by atoms with Crippen LogP contribution in [-0.2, 0) is 0 Å². The minimum absolute atomic E-state index is 0.0109. The highest BCUT2D eigenvalue weighted by molar-refractivity contribution is 5.44. The second-order valence-corrected chi connectivity index (χ2v) is 6.65. The summed E-state index contributed by atoms with van der Waals surface area (Å²) in [5.74, 6) is 1.96. The van der Waals surface area contributed by atoms with E-state index in [1.54, 1.807) is 7.11 Å². The molecule has 0 amide bonds. The van der Waals surface area contributed by atoms with Crippen LogP contribution >= 0.6 is 0 Å². The molecule has 1 atom stereocenters. The fraction of sp³-hybridized carbons (Fsp3) is 0.667. The third-order valence-corrected chi connectivity index (χ3v) is 4.30. The topological polar surface area (TPSA) is 45.2 Å². The fourth-order valence-electron chi connectivity index (χ4n) is 2.83. The number of hydrogen-bond acceptors (Lipinski definition) is 5. The van der Waals surface area contributed by atoms with E-state index >= 15 is 0 Å². The molecule has 0 radical (unpaired) electrons. The van der Waals surface area contributed by atoms with Gasteiger partial charge in [0.2, 0.25) is 0 Å². The molecule has 0 spiro atoms. The van der Waals surface area contributed by atoms with Crippen molar-refractivity contribution in [2.24, 2.45) is 5.92 Å². The van der Waals surface area contributed by atoms with Gasteiger partial charge in [-0.25, -0.2) is 0 Å². The molecule has 1 aliphatic rings. The Bertz CT molecular complexity index is 485. The van der Waals surface area contributed by atoms with Gasteiger partial charge in [-0.15, -0.1) is 0 Å². The van der Waals surface area contributed by atoms with Gasteiger partial charge in [0.05, 0.1) is 26.4 Å². The summed E-state index contributed by atoms with van der Waals surface area (Å²) in [6, 6.07) is 6.00. The van der Waals surface area contributed by atoms with Crippen LogP contribution in [0, 0.1) is 5.92 Å². The van der Waals surface area contributed by atoms with Gasteiger partial charge < -0.3 is 19.5 Å². The Kier molecular flexibility index (Phi) is 6.69. The lowest BCUT2D eigenvalue weighted by molar-refractivity contribution is 0.0746. The van der Waals surface area contributed by atoms with E-state index in [4.69, 9.17) is 9.47 Å². The second kappa shape index (κ2) is 8.52. The molecule has 1 saturated heterocycles. The van der Waals surface area contributed by atoms with Gasteiger partial charge in [0.1, 0.15) is 0 Å². The van der Waals surface area contributed by atoms with Crippen molar-refractivity contribution >= 4 is 0 Å². The molecule has 2 rings (SSSR count). The molecular formula is C18H30N2O3. The number of nitrogens with zero attached hydrogens (tertiary/aromatic N) is 2. The molecule has 5 heteroatoms. The molecule has 1 aromatic carbocycles. The van der Waals surface area contributed by atoms with Crippen LogP contribution in [0.4, 0.5) is 0 Å². The zero-order chi connectivity index (χ0) is 16.8. The van der Waals surface area contributed by atoms with Crippen molar-refractivity contribution in [3.05, 3.63) is 23.8 Å². The van der Waals surface area contributed by atoms with E-state index in [1.165, 1.54) is 0 Å². The average Bonchev–Trinajstić information content (AvgIpc) is 2.55. The van der Waals surface area contributed by atoms with Crippen LogP contribution < -0.4 is 9.47 Å². The highest BCUT2D eigenvalue weighted by Gasteiger charge is 2.24. The molecule has 1 N–H and O–H groups in total. The van der Waals surface area contributed by atoms with Gasteiger partial charge in [0, 0.05) is 26.2 Å². The number of aliphatic hydroxyl groups is 1. The van der Waals surface area contributed by atoms with Crippen LogP contribution in [0.15, 0.2) is 18.2 Å². The van der Waals surface area contributed by atoms with Gasteiger partial charge in [-0.1, -0.05) is 19.9 Å². The molecular weight excluding hydrogens is 292 g/mol. The van der Waals surface area contributed by atoms with E-state index in [0.717, 1.165) is 43.2 Å². The third-order valence-electron chi connectivity index (χ3n) is 4.30. The summed E-state index contributed by atoms with van der Waals surface area (Å²) in [7, 11) is 3.79. The molecule has 1 unspecified atom stereocenters. The smallest absolute Gasteiger partial charge is 0.161 e. The summed E-state index contributed by atoms with van der Waals surface area (Å²) in [6.07, 6.45) is 0. The van der Waals surface area contributed by atoms with E-state index in [1.807, 2.05) is 18.2 Å². The number of likely N-dealkylation sites (N-methyl/N-ethyl adjacent to an activating group) is 1. The third kappa shape index (κ3) is 4.83. The number of rotatable bonds is 7. The lowest BCUT2D eigenvalue weighted by Crippen LogP contribution is -2.46. The Hall–Kier alpha value is -1.30. The maximum absolute atomic E-state index is 9.88. The van der Waals surface area contributed by atoms with E-state index in [0.29, 0.717) is 12.5 Å². The number of ether oxygens (including phenoxy) is 2. The number of methoxy groups -OCH3 is 1. The van der Waals surface area contributed by atoms with Crippen molar-refractivity contribution in [3.8, 4) is 11.5 Å². The number of benzene rings is 1. The van der Waals surface area contributed by atoms with Gasteiger partial charge in [0.15, 0.2) is 11.5 Å². The van der Waals surface area contributed by atoms with Gasteiger partial charge in [-0.05, 0) is 30.7 Å². The first-order valence-electron chi connectivity index (χ1n) is 8.39. The lowest BCUT2D eigenvalue weighted by atomic mass is 10.0. The Labute approximate surface area is 139 Å². The summed E-state index contributed by atoms with van der Waals surface area (Å²) >= 11 is 0. The van der Waals surface area contributed by atoms with E-state index < -0.39 is 0 Å². The van der Waals surface area contributed by atoms with Crippen LogP contribution in [0.2, 0.25) is 0 Å². The van der Waals surface area contributed by atoms with Crippen LogP contribution in [-0.4, -0.2) is 68.5 Å². The Morgan fingerprint density at radius 2 is 1.83 bits per heavy atom. The predicted molar refractivity (Wildman–Crippen MR) is 92.2 cm³/mol. The largest absolute Gasteiger partial charge is 0.493 e. The van der Waals surface area contributed by atoms with E-state index in [-0.39, 0.29) is 12.6 Å². The molecule has 0 aliphatic carbocycles. The molecule has 23 heavy (non-hydrogen) atoms. The van der Waals surface area contributed by atoms with Crippen LogP contribution in [0.5, 0.6) is 11.5 Å². The second-order valence-electron chi connectivity index (χ2n) is 6.65. The van der Waals surface area contributed by atoms with Crippen molar-refractivity contribution in [2.45, 2.75) is 19.9 Å². The molecule has 1 aromatic rings. The Morgan fingerprint density at radius 3 is 2.39 bits per heavy atom. The minimum atomic E-state index is 0.0109. The van der Waals surface area contributed by atoms with Gasteiger partial charge in [-0.2, -0.15) is 0 Å². The molecule has 1 fully saturated rings. The van der Waals surface area contributed by atoms with Gasteiger partial charge in [0.25, 0.3) is 0 Å². The summed E-state index contributed by atoms with van der Waals surface area (Å²) < 4.78 is 11.3. The first-order valence-corrected chi connectivity index (χ1v) is 8.39. The standard InChI is InChI=1S/C18H30N2O3/c1-14(2)13-23-17-6-5-15(11-18(17)22-4)16(12-21)20-9-7-19(3)8-10-20/h5-6,11,14,16,21H,7-10,12-13H2,1-4H3. The highest BCUT2D eigenvalue weighted by atomic mass is 16.5.